The van der Waals surface area contributed by atoms with Crippen molar-refractivity contribution >= 4 is 0 Å². The Balaban J connectivity index is 2.04. The van der Waals surface area contributed by atoms with Crippen LogP contribution in [0.2, 0.25) is 0 Å². The van der Waals surface area contributed by atoms with E-state index < -0.39 is 23.4 Å². The summed E-state index contributed by atoms with van der Waals surface area (Å²) in [4.78, 5) is 0. The monoisotopic (exact) mass is 332 g/mol. The third-order valence-electron chi connectivity index (χ3n) is 4.52. The maximum atomic E-state index is 10.4. The van der Waals surface area contributed by atoms with Crippen LogP contribution in [0.5, 0.6) is 34.5 Å². The third kappa shape index (κ3) is 2.44. The summed E-state index contributed by atoms with van der Waals surface area (Å²) in [5.41, 5.74) is 1.63. The van der Waals surface area contributed by atoms with Gasteiger partial charge in [-0.05, 0) is 25.0 Å². The van der Waals surface area contributed by atoms with Gasteiger partial charge in [0.25, 0.3) is 0 Å². The van der Waals surface area contributed by atoms with Gasteiger partial charge in [0.15, 0.2) is 17.2 Å². The van der Waals surface area contributed by atoms with Gasteiger partial charge in [0.05, 0.1) is 0 Å². The van der Waals surface area contributed by atoms with Gasteiger partial charge >= 0.3 is 0 Å². The van der Waals surface area contributed by atoms with Crippen molar-refractivity contribution < 1.29 is 30.3 Å². The standard InChI is InChI=1S/C18H20O6/c1-3-10-12(19)7-15-11(16(10)22)4-8(2)18(24-15)9-5-13(20)17(23)14(21)6-9/h5-8,18-23H,3-4H2,1-2H3/t8-,18+/m1/s1. The van der Waals surface area contributed by atoms with Gasteiger partial charge in [-0.2, -0.15) is 0 Å². The second-order valence-corrected chi connectivity index (χ2v) is 6.18. The molecule has 5 N–H and O–H groups in total. The number of rotatable bonds is 2. The molecule has 1 aliphatic rings. The minimum Gasteiger partial charge on any atom is -0.507 e. The zero-order valence-electron chi connectivity index (χ0n) is 13.4. The highest BCUT2D eigenvalue weighted by Gasteiger charge is 2.32. The summed E-state index contributed by atoms with van der Waals surface area (Å²) in [7, 11) is 0. The van der Waals surface area contributed by atoms with Crippen LogP contribution in [0.25, 0.3) is 0 Å². The molecule has 0 bridgehead atoms. The Morgan fingerprint density at radius 1 is 0.958 bits per heavy atom. The van der Waals surface area contributed by atoms with Gasteiger partial charge in [-0.15, -0.1) is 0 Å². The van der Waals surface area contributed by atoms with Crippen molar-refractivity contribution in [3.05, 3.63) is 34.9 Å². The molecule has 128 valence electrons. The molecule has 0 fully saturated rings. The molecule has 0 saturated carbocycles. The second kappa shape index (κ2) is 5.70. The van der Waals surface area contributed by atoms with Crippen LogP contribution < -0.4 is 4.74 Å². The lowest BCUT2D eigenvalue weighted by Crippen LogP contribution is -2.24. The lowest BCUT2D eigenvalue weighted by Gasteiger charge is -2.33. The van der Waals surface area contributed by atoms with Crippen LogP contribution in [0.4, 0.5) is 0 Å². The van der Waals surface area contributed by atoms with E-state index in [4.69, 9.17) is 4.74 Å². The van der Waals surface area contributed by atoms with E-state index in [0.29, 0.717) is 35.3 Å². The minimum absolute atomic E-state index is 0.0292. The Morgan fingerprint density at radius 3 is 2.17 bits per heavy atom. The van der Waals surface area contributed by atoms with E-state index in [2.05, 4.69) is 0 Å². The zero-order chi connectivity index (χ0) is 17.6. The third-order valence-corrected chi connectivity index (χ3v) is 4.52. The van der Waals surface area contributed by atoms with E-state index in [1.165, 1.54) is 18.2 Å². The molecule has 0 spiro atoms. The fourth-order valence-electron chi connectivity index (χ4n) is 3.24. The fourth-order valence-corrected chi connectivity index (χ4v) is 3.24. The first-order valence-electron chi connectivity index (χ1n) is 7.81. The first kappa shape index (κ1) is 16.1. The summed E-state index contributed by atoms with van der Waals surface area (Å²) in [6.07, 6.45) is 0.519. The quantitative estimate of drug-likeness (QED) is 0.541. The normalized spacial score (nSPS) is 19.6. The average molecular weight is 332 g/mol. The average Bonchev–Trinajstić information content (AvgIpc) is 2.53. The smallest absolute Gasteiger partial charge is 0.200 e. The molecule has 24 heavy (non-hydrogen) atoms. The van der Waals surface area contributed by atoms with Crippen LogP contribution in [0.3, 0.4) is 0 Å². The van der Waals surface area contributed by atoms with Crippen molar-refractivity contribution in [3.8, 4) is 34.5 Å². The van der Waals surface area contributed by atoms with Gasteiger partial charge in [-0.3, -0.25) is 0 Å². The number of phenols is 5. The van der Waals surface area contributed by atoms with Crippen LogP contribution in [-0.4, -0.2) is 25.5 Å². The highest BCUT2D eigenvalue weighted by atomic mass is 16.5. The lowest BCUT2D eigenvalue weighted by atomic mass is 9.86. The summed E-state index contributed by atoms with van der Waals surface area (Å²) in [5, 5.41) is 49.3. The molecule has 0 unspecified atom stereocenters. The van der Waals surface area contributed by atoms with Gasteiger partial charge in [-0.1, -0.05) is 13.8 Å². The molecule has 6 heteroatoms. The highest BCUT2D eigenvalue weighted by Crippen LogP contribution is 2.48. The Kier molecular flexibility index (Phi) is 3.83. The molecule has 2 aromatic rings. The van der Waals surface area contributed by atoms with Gasteiger partial charge in [0, 0.05) is 28.7 Å². The fraction of sp³-hybridized carbons (Fsp3) is 0.333. The van der Waals surface area contributed by atoms with Crippen LogP contribution in [0.15, 0.2) is 18.2 Å². The molecule has 0 radical (unpaired) electrons. The molecule has 1 heterocycles. The topological polar surface area (TPSA) is 110 Å². The van der Waals surface area contributed by atoms with Gasteiger partial charge < -0.3 is 30.3 Å². The minimum atomic E-state index is -0.578. The number of hydrogen-bond acceptors (Lipinski definition) is 6. The van der Waals surface area contributed by atoms with Crippen molar-refractivity contribution in [1.82, 2.24) is 0 Å². The largest absolute Gasteiger partial charge is 0.507 e. The van der Waals surface area contributed by atoms with E-state index in [1.54, 1.807) is 0 Å². The van der Waals surface area contributed by atoms with Gasteiger partial charge in [0.2, 0.25) is 0 Å². The zero-order valence-corrected chi connectivity index (χ0v) is 13.4. The predicted molar refractivity (Wildman–Crippen MR) is 86.8 cm³/mol. The molecule has 0 saturated heterocycles. The first-order valence-corrected chi connectivity index (χ1v) is 7.81. The number of ether oxygens (including phenoxy) is 1. The predicted octanol–water partition coefficient (Wildman–Crippen LogP) is 3.09. The first-order chi connectivity index (χ1) is 11.3. The highest BCUT2D eigenvalue weighted by molar-refractivity contribution is 5.58. The van der Waals surface area contributed by atoms with Crippen molar-refractivity contribution in [3.63, 3.8) is 0 Å². The van der Waals surface area contributed by atoms with E-state index in [9.17, 15) is 25.5 Å². The summed E-state index contributed by atoms with van der Waals surface area (Å²) in [6.45, 7) is 3.77. The number of hydrogen-bond donors (Lipinski definition) is 5. The number of aromatic hydroxyl groups is 5. The Morgan fingerprint density at radius 2 is 1.58 bits per heavy atom. The van der Waals surface area contributed by atoms with Crippen LogP contribution >= 0.6 is 0 Å². The molecular formula is C18H20O6. The lowest BCUT2D eigenvalue weighted by molar-refractivity contribution is 0.120. The SMILES string of the molecule is CCc1c(O)cc2c(c1O)C[C@@H](C)[C@@H](c1cc(O)c(O)c(O)c1)O2. The molecule has 1 aliphatic heterocycles. The Bertz CT molecular complexity index is 776. The molecule has 0 aromatic heterocycles. The van der Waals surface area contributed by atoms with E-state index >= 15 is 0 Å². The van der Waals surface area contributed by atoms with E-state index in [-0.39, 0.29) is 17.4 Å². The molecule has 3 rings (SSSR count). The maximum Gasteiger partial charge on any atom is 0.200 e. The van der Waals surface area contributed by atoms with Gasteiger partial charge in [-0.25, -0.2) is 0 Å². The van der Waals surface area contributed by atoms with E-state index in [1.807, 2.05) is 13.8 Å². The number of phenolic OH excluding ortho intramolecular Hbond substituents is 5. The van der Waals surface area contributed by atoms with Crippen molar-refractivity contribution in [1.29, 1.82) is 0 Å². The second-order valence-electron chi connectivity index (χ2n) is 6.18. The summed E-state index contributed by atoms with van der Waals surface area (Å²) in [5.74, 6) is -1.10. The molecular weight excluding hydrogens is 312 g/mol. The van der Waals surface area contributed by atoms with Crippen molar-refractivity contribution in [2.45, 2.75) is 32.8 Å². The number of benzene rings is 2. The van der Waals surface area contributed by atoms with Crippen LogP contribution in [0, 0.1) is 5.92 Å². The molecule has 2 aromatic carbocycles. The molecule has 2 atom stereocenters. The number of fused-ring (bicyclic) bond motifs is 1. The Hall–Kier alpha value is -2.76. The van der Waals surface area contributed by atoms with Crippen molar-refractivity contribution in [2.75, 3.05) is 0 Å². The summed E-state index contributed by atoms with van der Waals surface area (Å²) in [6, 6.07) is 4.15. The molecule has 6 nitrogen and oxygen atoms in total. The maximum absolute atomic E-state index is 10.4. The molecule has 0 amide bonds. The van der Waals surface area contributed by atoms with E-state index in [0.717, 1.165) is 0 Å². The van der Waals surface area contributed by atoms with Gasteiger partial charge in [0.1, 0.15) is 23.4 Å². The Labute approximate surface area is 139 Å². The summed E-state index contributed by atoms with van der Waals surface area (Å²) >= 11 is 0. The van der Waals surface area contributed by atoms with Crippen molar-refractivity contribution in [2.24, 2.45) is 5.92 Å². The summed E-state index contributed by atoms with van der Waals surface area (Å²) < 4.78 is 5.92. The van der Waals surface area contributed by atoms with Crippen LogP contribution in [-0.2, 0) is 12.8 Å². The van der Waals surface area contributed by atoms with Crippen LogP contribution in [0.1, 0.15) is 36.6 Å². The molecule has 0 aliphatic carbocycles.